The van der Waals surface area contributed by atoms with E-state index in [2.05, 4.69) is 49.8 Å². The first-order valence-corrected chi connectivity index (χ1v) is 11.3. The number of aryl methyl sites for hydroxylation is 1. The highest BCUT2D eigenvalue weighted by Gasteiger charge is 2.25. The van der Waals surface area contributed by atoms with Gasteiger partial charge in [-0.3, -0.25) is 14.7 Å². The summed E-state index contributed by atoms with van der Waals surface area (Å²) in [4.78, 5) is 24.8. The van der Waals surface area contributed by atoms with Gasteiger partial charge in [0, 0.05) is 30.5 Å². The summed E-state index contributed by atoms with van der Waals surface area (Å²) in [5, 5.41) is 9.17. The Morgan fingerprint density at radius 3 is 2.90 bits per heavy atom. The van der Waals surface area contributed by atoms with E-state index in [1.807, 2.05) is 18.2 Å². The Hall–Kier alpha value is -2.58. The van der Waals surface area contributed by atoms with Crippen molar-refractivity contribution in [3.63, 3.8) is 0 Å². The number of nitrogens with zero attached hydrogens (tertiary/aromatic N) is 4. The van der Waals surface area contributed by atoms with Gasteiger partial charge in [-0.15, -0.1) is 11.3 Å². The number of hydrogen-bond acceptors (Lipinski definition) is 7. The maximum absolute atomic E-state index is 12.5. The van der Waals surface area contributed by atoms with Crippen molar-refractivity contribution >= 4 is 17.2 Å². The first-order chi connectivity index (χ1) is 14.7. The van der Waals surface area contributed by atoms with Crippen LogP contribution in [0.4, 0.5) is 0 Å². The van der Waals surface area contributed by atoms with Crippen LogP contribution < -0.4 is 5.32 Å². The Bertz CT molecular complexity index is 920. The van der Waals surface area contributed by atoms with Crippen LogP contribution in [0.1, 0.15) is 43.0 Å². The van der Waals surface area contributed by atoms with E-state index in [0.29, 0.717) is 36.8 Å². The molecule has 0 spiro atoms. The van der Waals surface area contributed by atoms with Gasteiger partial charge >= 0.3 is 0 Å². The van der Waals surface area contributed by atoms with Crippen molar-refractivity contribution in [2.24, 2.45) is 5.92 Å². The third-order valence-electron chi connectivity index (χ3n) is 5.55. The Morgan fingerprint density at radius 2 is 2.17 bits per heavy atom. The molecule has 3 aromatic rings. The van der Waals surface area contributed by atoms with Crippen molar-refractivity contribution in [3.05, 3.63) is 52.7 Å². The fraction of sp³-hybridized carbons (Fsp3) is 0.455. The molecule has 1 saturated heterocycles. The van der Waals surface area contributed by atoms with E-state index in [-0.39, 0.29) is 11.9 Å². The summed E-state index contributed by atoms with van der Waals surface area (Å²) in [6.07, 6.45) is 4.84. The Morgan fingerprint density at radius 1 is 1.30 bits per heavy atom. The molecule has 3 aromatic heterocycles. The van der Waals surface area contributed by atoms with Gasteiger partial charge in [0.05, 0.1) is 6.04 Å². The Balaban J connectivity index is 1.29. The lowest BCUT2D eigenvalue weighted by molar-refractivity contribution is -0.121. The third kappa shape index (κ3) is 5.31. The predicted octanol–water partition coefficient (Wildman–Crippen LogP) is 3.72. The molecule has 1 fully saturated rings. The molecular formula is C22H27N5O2S. The van der Waals surface area contributed by atoms with E-state index in [1.165, 1.54) is 17.7 Å². The van der Waals surface area contributed by atoms with Gasteiger partial charge in [0.15, 0.2) is 0 Å². The average molecular weight is 426 g/mol. The summed E-state index contributed by atoms with van der Waals surface area (Å²) in [6, 6.07) is 10.0. The molecule has 1 aliphatic rings. The first-order valence-electron chi connectivity index (χ1n) is 10.5. The predicted molar refractivity (Wildman–Crippen MR) is 116 cm³/mol. The van der Waals surface area contributed by atoms with Crippen LogP contribution in [-0.4, -0.2) is 45.6 Å². The summed E-state index contributed by atoms with van der Waals surface area (Å²) in [5.74, 6) is 1.68. The van der Waals surface area contributed by atoms with Crippen molar-refractivity contribution in [1.82, 2.24) is 25.3 Å². The number of amides is 1. The van der Waals surface area contributed by atoms with E-state index >= 15 is 0 Å². The van der Waals surface area contributed by atoms with Crippen LogP contribution in [-0.2, 0) is 11.2 Å². The van der Waals surface area contributed by atoms with Crippen LogP contribution in [0.15, 0.2) is 46.4 Å². The molecule has 4 heterocycles. The van der Waals surface area contributed by atoms with Gasteiger partial charge in [0.2, 0.25) is 17.6 Å². The van der Waals surface area contributed by atoms with Crippen molar-refractivity contribution in [2.45, 2.75) is 38.6 Å². The second-order valence-corrected chi connectivity index (χ2v) is 8.76. The highest BCUT2D eigenvalue weighted by Crippen LogP contribution is 2.29. The molecule has 0 bridgehead atoms. The van der Waals surface area contributed by atoms with E-state index in [0.717, 1.165) is 19.0 Å². The number of rotatable bonds is 8. The molecule has 7 nitrogen and oxygen atoms in total. The van der Waals surface area contributed by atoms with Crippen LogP contribution in [0.2, 0.25) is 0 Å². The summed E-state index contributed by atoms with van der Waals surface area (Å²) < 4.78 is 5.27. The minimum Gasteiger partial charge on any atom is -0.354 e. The van der Waals surface area contributed by atoms with Crippen molar-refractivity contribution < 1.29 is 9.32 Å². The van der Waals surface area contributed by atoms with Gasteiger partial charge in [0.1, 0.15) is 5.69 Å². The zero-order valence-electron chi connectivity index (χ0n) is 17.2. The number of carbonyl (C=O) groups is 1. The lowest BCUT2D eigenvalue weighted by Crippen LogP contribution is -2.41. The fourth-order valence-corrected chi connectivity index (χ4v) is 4.57. The first kappa shape index (κ1) is 20.7. The number of carbonyl (C=O) groups excluding carboxylic acids is 1. The molecule has 30 heavy (non-hydrogen) atoms. The number of nitrogens with one attached hydrogen (secondary N) is 1. The van der Waals surface area contributed by atoms with Crippen LogP contribution >= 0.6 is 11.3 Å². The molecule has 1 amide bonds. The maximum atomic E-state index is 12.5. The molecule has 0 radical (unpaired) electrons. The number of aromatic nitrogens is 3. The minimum absolute atomic E-state index is 0.000445. The van der Waals surface area contributed by atoms with E-state index in [4.69, 9.17) is 4.52 Å². The van der Waals surface area contributed by atoms with Crippen LogP contribution in [0.3, 0.4) is 0 Å². The van der Waals surface area contributed by atoms with Gasteiger partial charge in [-0.1, -0.05) is 24.2 Å². The number of pyridine rings is 1. The van der Waals surface area contributed by atoms with Crippen LogP contribution in [0, 0.1) is 5.92 Å². The monoisotopic (exact) mass is 425 g/mol. The number of piperidine rings is 1. The largest absolute Gasteiger partial charge is 0.354 e. The Kier molecular flexibility index (Phi) is 6.86. The molecule has 0 aromatic carbocycles. The third-order valence-corrected chi connectivity index (χ3v) is 6.52. The second kappa shape index (κ2) is 9.95. The number of thiophene rings is 1. The van der Waals surface area contributed by atoms with Gasteiger partial charge in [-0.05, 0) is 55.4 Å². The molecule has 1 atom stereocenters. The van der Waals surface area contributed by atoms with Crippen molar-refractivity contribution in [1.29, 1.82) is 0 Å². The smallest absolute Gasteiger partial charge is 0.227 e. The van der Waals surface area contributed by atoms with Crippen LogP contribution in [0.25, 0.3) is 11.5 Å². The van der Waals surface area contributed by atoms with Crippen LogP contribution in [0.5, 0.6) is 0 Å². The van der Waals surface area contributed by atoms with Gasteiger partial charge < -0.3 is 9.84 Å². The van der Waals surface area contributed by atoms with Gasteiger partial charge in [-0.2, -0.15) is 4.98 Å². The fourth-order valence-electron chi connectivity index (χ4n) is 3.71. The molecule has 1 aliphatic heterocycles. The SMILES string of the molecule is CC1CCN([C@H](CNC(=O)CCc2nc(-c3ccccn3)no2)c2cccs2)CC1. The summed E-state index contributed by atoms with van der Waals surface area (Å²) in [6.45, 7) is 5.10. The van der Waals surface area contributed by atoms with E-state index in [9.17, 15) is 4.79 Å². The summed E-state index contributed by atoms with van der Waals surface area (Å²) in [7, 11) is 0. The Labute approximate surface area is 180 Å². The molecule has 0 unspecified atom stereocenters. The summed E-state index contributed by atoms with van der Waals surface area (Å²) >= 11 is 1.76. The number of likely N-dealkylation sites (tertiary alicyclic amines) is 1. The lowest BCUT2D eigenvalue weighted by Gasteiger charge is -2.36. The van der Waals surface area contributed by atoms with E-state index in [1.54, 1.807) is 17.5 Å². The molecule has 1 N–H and O–H groups in total. The normalized spacial score (nSPS) is 16.4. The highest BCUT2D eigenvalue weighted by molar-refractivity contribution is 7.10. The highest BCUT2D eigenvalue weighted by atomic mass is 32.1. The molecular weight excluding hydrogens is 398 g/mol. The standard InChI is InChI=1S/C22H27N5O2S/c1-16-9-12-27(13-10-16)18(19-6-4-14-30-19)15-24-20(28)7-8-21-25-22(26-29-21)17-5-2-3-11-23-17/h2-6,11,14,16,18H,7-10,12-13,15H2,1H3,(H,24,28)/t18-/m1/s1. The maximum Gasteiger partial charge on any atom is 0.227 e. The quantitative estimate of drug-likeness (QED) is 0.592. The lowest BCUT2D eigenvalue weighted by atomic mass is 9.97. The molecule has 158 valence electrons. The number of hydrogen-bond donors (Lipinski definition) is 1. The molecule has 4 rings (SSSR count). The average Bonchev–Trinajstić information content (AvgIpc) is 3.47. The molecule has 0 saturated carbocycles. The topological polar surface area (TPSA) is 84.2 Å². The zero-order valence-corrected chi connectivity index (χ0v) is 18.0. The van der Waals surface area contributed by atoms with Crippen molar-refractivity contribution in [3.8, 4) is 11.5 Å². The molecule has 0 aliphatic carbocycles. The second-order valence-electron chi connectivity index (χ2n) is 7.78. The minimum atomic E-state index is -0.000445. The van der Waals surface area contributed by atoms with Gasteiger partial charge in [0.25, 0.3) is 0 Å². The van der Waals surface area contributed by atoms with E-state index < -0.39 is 0 Å². The molecule has 8 heteroatoms. The summed E-state index contributed by atoms with van der Waals surface area (Å²) in [5.41, 5.74) is 0.659. The van der Waals surface area contributed by atoms with Crippen molar-refractivity contribution in [2.75, 3.05) is 19.6 Å². The zero-order chi connectivity index (χ0) is 20.8. The van der Waals surface area contributed by atoms with Gasteiger partial charge in [-0.25, -0.2) is 0 Å².